The van der Waals surface area contributed by atoms with Crippen LogP contribution in [-0.4, -0.2) is 43.2 Å². The van der Waals surface area contributed by atoms with Crippen molar-refractivity contribution in [2.75, 3.05) is 13.1 Å². The van der Waals surface area contributed by atoms with E-state index in [-0.39, 0.29) is 11.8 Å². The number of aromatic amines is 1. The van der Waals surface area contributed by atoms with Gasteiger partial charge in [0.2, 0.25) is 0 Å². The molecule has 1 aliphatic rings. The van der Waals surface area contributed by atoms with E-state index in [4.69, 9.17) is 23.8 Å². The number of amides is 1. The van der Waals surface area contributed by atoms with Gasteiger partial charge in [0.05, 0.1) is 5.56 Å². The van der Waals surface area contributed by atoms with Crippen LogP contribution in [0.2, 0.25) is 5.02 Å². The molecule has 1 aromatic carbocycles. The van der Waals surface area contributed by atoms with Crippen molar-refractivity contribution in [3.8, 4) is 5.69 Å². The van der Waals surface area contributed by atoms with Gasteiger partial charge in [0.25, 0.3) is 5.91 Å². The first-order valence-corrected chi connectivity index (χ1v) is 10.5. The third kappa shape index (κ3) is 3.65. The Morgan fingerprint density at radius 3 is 2.66 bits per heavy atom. The molecule has 3 aromatic rings. The van der Waals surface area contributed by atoms with Crippen molar-refractivity contribution in [1.29, 1.82) is 0 Å². The Morgan fingerprint density at radius 1 is 1.28 bits per heavy atom. The molecular formula is C21H24ClN5OS. The lowest BCUT2D eigenvalue weighted by molar-refractivity contribution is 0.0702. The maximum absolute atomic E-state index is 13.4. The molecule has 1 fully saturated rings. The second-order valence-corrected chi connectivity index (χ2v) is 8.46. The second-order valence-electron chi connectivity index (χ2n) is 7.63. The second kappa shape index (κ2) is 7.80. The van der Waals surface area contributed by atoms with E-state index in [0.717, 1.165) is 47.8 Å². The zero-order chi connectivity index (χ0) is 20.7. The van der Waals surface area contributed by atoms with Gasteiger partial charge in [-0.05, 0) is 69.2 Å². The summed E-state index contributed by atoms with van der Waals surface area (Å²) in [6.45, 7) is 5.42. The Kier molecular flexibility index (Phi) is 5.36. The number of hydrogen-bond donors (Lipinski definition) is 1. The lowest BCUT2D eigenvalue weighted by Crippen LogP contribution is -2.39. The molecule has 1 N–H and O–H groups in total. The highest BCUT2D eigenvalue weighted by Crippen LogP contribution is 2.28. The molecule has 0 aliphatic carbocycles. The number of hydrogen-bond acceptors (Lipinski definition) is 3. The van der Waals surface area contributed by atoms with Crippen LogP contribution < -0.4 is 0 Å². The Labute approximate surface area is 180 Å². The number of H-pyrrole nitrogens is 1. The summed E-state index contributed by atoms with van der Waals surface area (Å²) in [6.07, 6.45) is 1.95. The van der Waals surface area contributed by atoms with Gasteiger partial charge >= 0.3 is 0 Å². The average molecular weight is 430 g/mol. The van der Waals surface area contributed by atoms with Crippen molar-refractivity contribution in [1.82, 2.24) is 24.2 Å². The Hall–Kier alpha value is -2.38. The molecule has 1 saturated heterocycles. The van der Waals surface area contributed by atoms with Crippen LogP contribution in [0.25, 0.3) is 5.69 Å². The zero-order valence-corrected chi connectivity index (χ0v) is 18.3. The van der Waals surface area contributed by atoms with Crippen LogP contribution in [-0.2, 0) is 7.05 Å². The molecule has 29 heavy (non-hydrogen) atoms. The fraction of sp³-hybridized carbons (Fsp3) is 0.381. The summed E-state index contributed by atoms with van der Waals surface area (Å²) in [6, 6.07) is 9.65. The highest BCUT2D eigenvalue weighted by molar-refractivity contribution is 7.71. The molecule has 1 amide bonds. The summed E-state index contributed by atoms with van der Waals surface area (Å²) in [7, 11) is 1.92. The normalized spacial score (nSPS) is 17.0. The topological polar surface area (TPSA) is 58.9 Å². The van der Waals surface area contributed by atoms with E-state index in [1.807, 2.05) is 60.7 Å². The van der Waals surface area contributed by atoms with E-state index >= 15 is 0 Å². The molecule has 1 atom stereocenters. The van der Waals surface area contributed by atoms with Crippen molar-refractivity contribution >= 4 is 29.7 Å². The Balaban J connectivity index is 1.61. The van der Waals surface area contributed by atoms with Crippen molar-refractivity contribution in [3.05, 3.63) is 62.9 Å². The molecule has 2 aromatic heterocycles. The largest absolute Gasteiger partial charge is 0.338 e. The van der Waals surface area contributed by atoms with E-state index in [1.165, 1.54) is 0 Å². The lowest BCUT2D eigenvalue weighted by Gasteiger charge is -2.32. The highest BCUT2D eigenvalue weighted by atomic mass is 35.5. The summed E-state index contributed by atoms with van der Waals surface area (Å²) in [5.41, 5.74) is 3.71. The summed E-state index contributed by atoms with van der Waals surface area (Å²) < 4.78 is 4.61. The third-order valence-electron chi connectivity index (χ3n) is 5.73. The maximum atomic E-state index is 13.4. The molecule has 0 spiro atoms. The summed E-state index contributed by atoms with van der Waals surface area (Å²) in [5.74, 6) is 1.17. The van der Waals surface area contributed by atoms with Crippen LogP contribution in [0.5, 0.6) is 0 Å². The summed E-state index contributed by atoms with van der Waals surface area (Å²) in [4.78, 5) is 15.3. The van der Waals surface area contributed by atoms with Gasteiger partial charge in [-0.25, -0.2) is 0 Å². The first kappa shape index (κ1) is 19.9. The molecule has 8 heteroatoms. The van der Waals surface area contributed by atoms with Crippen LogP contribution in [0.1, 0.15) is 46.3 Å². The van der Waals surface area contributed by atoms with Crippen LogP contribution in [0.3, 0.4) is 0 Å². The number of likely N-dealkylation sites (tertiary alicyclic amines) is 1. The number of nitrogens with one attached hydrogen (secondary N) is 1. The van der Waals surface area contributed by atoms with Gasteiger partial charge in [0.15, 0.2) is 4.77 Å². The molecule has 4 rings (SSSR count). The average Bonchev–Trinajstić information content (AvgIpc) is 3.21. The molecule has 1 aliphatic heterocycles. The Bertz CT molecular complexity index is 1110. The van der Waals surface area contributed by atoms with Crippen LogP contribution >= 0.6 is 23.8 Å². The number of carbonyl (C=O) groups excluding carboxylic acids is 1. The molecule has 0 radical (unpaired) electrons. The first-order valence-electron chi connectivity index (χ1n) is 9.72. The van der Waals surface area contributed by atoms with E-state index < -0.39 is 0 Å². The number of benzene rings is 1. The van der Waals surface area contributed by atoms with Crippen molar-refractivity contribution in [2.45, 2.75) is 32.6 Å². The Morgan fingerprint density at radius 2 is 2.00 bits per heavy atom. The van der Waals surface area contributed by atoms with Gasteiger partial charge in [-0.1, -0.05) is 11.6 Å². The van der Waals surface area contributed by atoms with Crippen molar-refractivity contribution < 1.29 is 4.79 Å². The molecule has 3 heterocycles. The molecule has 0 bridgehead atoms. The van der Waals surface area contributed by atoms with Gasteiger partial charge in [-0.15, -0.1) is 0 Å². The number of aryl methyl sites for hydroxylation is 1. The van der Waals surface area contributed by atoms with Gasteiger partial charge < -0.3 is 14.0 Å². The van der Waals surface area contributed by atoms with Gasteiger partial charge in [0, 0.05) is 48.2 Å². The summed E-state index contributed by atoms with van der Waals surface area (Å²) >= 11 is 11.3. The third-order valence-corrected chi connectivity index (χ3v) is 6.35. The monoisotopic (exact) mass is 429 g/mol. The minimum absolute atomic E-state index is 0.0693. The number of rotatable bonds is 3. The van der Waals surface area contributed by atoms with Gasteiger partial charge in [-0.3, -0.25) is 9.89 Å². The number of nitrogens with zero attached hydrogens (tertiary/aromatic N) is 4. The van der Waals surface area contributed by atoms with Crippen molar-refractivity contribution in [2.24, 2.45) is 7.05 Å². The SMILES string of the molecule is Cc1cc(C(=O)N2CCCC(c3n[nH]c(=S)n3C)C2)c(C)n1-c1ccc(Cl)cc1. The van der Waals surface area contributed by atoms with Crippen LogP contribution in [0.15, 0.2) is 30.3 Å². The van der Waals surface area contributed by atoms with E-state index in [2.05, 4.69) is 14.8 Å². The van der Waals surface area contributed by atoms with Crippen LogP contribution in [0, 0.1) is 18.6 Å². The van der Waals surface area contributed by atoms with E-state index in [1.54, 1.807) is 0 Å². The van der Waals surface area contributed by atoms with Crippen LogP contribution in [0.4, 0.5) is 0 Å². The smallest absolute Gasteiger partial charge is 0.255 e. The van der Waals surface area contributed by atoms with E-state index in [0.29, 0.717) is 16.3 Å². The molecule has 6 nitrogen and oxygen atoms in total. The van der Waals surface area contributed by atoms with Gasteiger partial charge in [-0.2, -0.15) is 5.10 Å². The van der Waals surface area contributed by atoms with Gasteiger partial charge in [0.1, 0.15) is 5.82 Å². The minimum Gasteiger partial charge on any atom is -0.338 e. The van der Waals surface area contributed by atoms with E-state index in [9.17, 15) is 4.79 Å². The predicted octanol–water partition coefficient (Wildman–Crippen LogP) is 4.56. The van der Waals surface area contributed by atoms with Crippen molar-refractivity contribution in [3.63, 3.8) is 0 Å². The standard InChI is InChI=1S/C21H24ClN5OS/c1-13-11-18(14(2)27(13)17-8-6-16(22)7-9-17)20(28)26-10-4-5-15(12-26)19-23-24-21(29)25(19)3/h6-9,11,15H,4-5,10,12H2,1-3H3,(H,24,29). The maximum Gasteiger partial charge on any atom is 0.255 e. The highest BCUT2D eigenvalue weighted by Gasteiger charge is 2.30. The fourth-order valence-corrected chi connectivity index (χ4v) is 4.50. The minimum atomic E-state index is 0.0693. The number of halogens is 1. The molecular weight excluding hydrogens is 406 g/mol. The molecule has 0 saturated carbocycles. The number of aromatic nitrogens is 4. The fourth-order valence-electron chi connectivity index (χ4n) is 4.23. The quantitative estimate of drug-likeness (QED) is 0.621. The molecule has 1 unspecified atom stereocenters. The predicted molar refractivity (Wildman–Crippen MR) is 117 cm³/mol. The number of carbonyl (C=O) groups is 1. The zero-order valence-electron chi connectivity index (χ0n) is 16.8. The lowest BCUT2D eigenvalue weighted by atomic mass is 9.96. The first-order chi connectivity index (χ1) is 13.9. The summed E-state index contributed by atoms with van der Waals surface area (Å²) in [5, 5.41) is 7.93. The number of piperidine rings is 1. The molecule has 152 valence electrons.